The Labute approximate surface area is 279 Å². The summed E-state index contributed by atoms with van der Waals surface area (Å²) >= 11 is 0. The van der Waals surface area contributed by atoms with Gasteiger partial charge in [0.05, 0.1) is 10.6 Å². The molecule has 0 heterocycles. The lowest BCUT2D eigenvalue weighted by molar-refractivity contribution is -0.140. The quantitative estimate of drug-likeness (QED) is 0.169. The van der Waals surface area contributed by atoms with E-state index in [0.717, 1.165) is 47.9 Å². The molecule has 1 saturated carbocycles. The number of hydrogen-bond acceptors (Lipinski definition) is 4. The summed E-state index contributed by atoms with van der Waals surface area (Å²) < 4.78 is 29.6. The van der Waals surface area contributed by atoms with Gasteiger partial charge in [0.25, 0.3) is 10.0 Å². The lowest BCUT2D eigenvalue weighted by Crippen LogP contribution is -2.54. The van der Waals surface area contributed by atoms with Gasteiger partial charge in [-0.3, -0.25) is 13.9 Å². The summed E-state index contributed by atoms with van der Waals surface area (Å²) in [5.41, 5.74) is 4.30. The number of aryl methyl sites for hydroxylation is 1. The molecule has 5 rings (SSSR count). The summed E-state index contributed by atoms with van der Waals surface area (Å²) in [5, 5.41) is 3.22. The van der Waals surface area contributed by atoms with Gasteiger partial charge >= 0.3 is 0 Å². The van der Waals surface area contributed by atoms with E-state index in [1.807, 2.05) is 73.7 Å². The van der Waals surface area contributed by atoms with E-state index >= 15 is 0 Å². The number of carbonyl (C=O) groups excluding carboxylic acids is 2. The van der Waals surface area contributed by atoms with Crippen molar-refractivity contribution in [3.8, 4) is 0 Å². The molecule has 7 nitrogen and oxygen atoms in total. The molecule has 0 bridgehead atoms. The van der Waals surface area contributed by atoms with Crippen LogP contribution in [0.5, 0.6) is 0 Å². The van der Waals surface area contributed by atoms with Crippen LogP contribution < -0.4 is 9.62 Å². The summed E-state index contributed by atoms with van der Waals surface area (Å²) in [4.78, 5) is 30.5. The largest absolute Gasteiger partial charge is 0.352 e. The highest BCUT2D eigenvalue weighted by Crippen LogP contribution is 2.27. The molecule has 0 spiro atoms. The highest BCUT2D eigenvalue weighted by Gasteiger charge is 2.35. The minimum absolute atomic E-state index is 0.0616. The van der Waals surface area contributed by atoms with Gasteiger partial charge in [-0.05, 0) is 66.6 Å². The Hall–Kier alpha value is -4.43. The van der Waals surface area contributed by atoms with Crippen LogP contribution in [0.3, 0.4) is 0 Å². The van der Waals surface area contributed by atoms with E-state index in [-0.39, 0.29) is 29.3 Å². The fourth-order valence-electron chi connectivity index (χ4n) is 6.09. The molecule has 4 aromatic carbocycles. The summed E-state index contributed by atoms with van der Waals surface area (Å²) in [6, 6.07) is 32.2. The van der Waals surface area contributed by atoms with E-state index in [2.05, 4.69) is 19.2 Å². The first-order chi connectivity index (χ1) is 22.6. The zero-order valence-electron chi connectivity index (χ0n) is 27.5. The lowest BCUT2D eigenvalue weighted by atomic mass is 10.0. The second kappa shape index (κ2) is 15.4. The van der Waals surface area contributed by atoms with Crippen LogP contribution in [0.15, 0.2) is 114 Å². The Balaban J connectivity index is 1.56. The number of amides is 2. The van der Waals surface area contributed by atoms with Crippen LogP contribution in [0, 0.1) is 6.92 Å². The van der Waals surface area contributed by atoms with Crippen LogP contribution in [0.25, 0.3) is 0 Å². The van der Waals surface area contributed by atoms with E-state index in [0.29, 0.717) is 12.1 Å². The number of anilines is 1. The third-order valence-corrected chi connectivity index (χ3v) is 10.7. The second-order valence-corrected chi connectivity index (χ2v) is 14.6. The number of carbonyl (C=O) groups is 2. The van der Waals surface area contributed by atoms with Gasteiger partial charge < -0.3 is 10.2 Å². The second-order valence-electron chi connectivity index (χ2n) is 12.8. The number of sulfonamides is 1. The maximum atomic E-state index is 14.7. The van der Waals surface area contributed by atoms with Gasteiger partial charge in [0.1, 0.15) is 12.6 Å². The van der Waals surface area contributed by atoms with Gasteiger partial charge in [0.2, 0.25) is 11.8 Å². The molecule has 246 valence electrons. The Morgan fingerprint density at radius 3 is 1.98 bits per heavy atom. The van der Waals surface area contributed by atoms with Gasteiger partial charge in [-0.25, -0.2) is 8.42 Å². The number of benzene rings is 4. The predicted molar refractivity (Wildman–Crippen MR) is 188 cm³/mol. The minimum Gasteiger partial charge on any atom is -0.352 e. The lowest BCUT2D eigenvalue weighted by Gasteiger charge is -2.34. The van der Waals surface area contributed by atoms with Crippen molar-refractivity contribution in [2.24, 2.45) is 0 Å². The molecule has 0 saturated heterocycles. The maximum Gasteiger partial charge on any atom is 0.264 e. The molecular weight excluding hydrogens is 607 g/mol. The molecule has 1 aliphatic rings. The van der Waals surface area contributed by atoms with Crippen LogP contribution in [0.2, 0.25) is 0 Å². The third kappa shape index (κ3) is 8.69. The molecule has 0 radical (unpaired) electrons. The molecule has 0 aromatic heterocycles. The number of rotatable bonds is 13. The van der Waals surface area contributed by atoms with Crippen molar-refractivity contribution >= 4 is 27.5 Å². The SMILES string of the molecule is Cc1ccc(CN(C(=O)CN(c2ccc(C(C)C)cc2)S(=O)(=O)c2ccccc2)[C@@H](Cc2ccccc2)C(=O)NC2CCCC2)cc1. The average Bonchev–Trinajstić information content (AvgIpc) is 3.60. The number of nitrogens with zero attached hydrogens (tertiary/aromatic N) is 2. The normalized spacial score (nSPS) is 14.1. The highest BCUT2D eigenvalue weighted by molar-refractivity contribution is 7.92. The zero-order chi connectivity index (χ0) is 33.4. The van der Waals surface area contributed by atoms with Crippen molar-refractivity contribution < 1.29 is 18.0 Å². The first-order valence-corrected chi connectivity index (χ1v) is 17.9. The summed E-state index contributed by atoms with van der Waals surface area (Å²) in [5.74, 6) is -0.424. The van der Waals surface area contributed by atoms with Gasteiger partial charge in [-0.2, -0.15) is 0 Å². The van der Waals surface area contributed by atoms with Gasteiger partial charge in [-0.1, -0.05) is 117 Å². The topological polar surface area (TPSA) is 86.8 Å². The smallest absolute Gasteiger partial charge is 0.264 e. The summed E-state index contributed by atoms with van der Waals surface area (Å²) in [7, 11) is -4.13. The Bertz CT molecular complexity index is 1720. The van der Waals surface area contributed by atoms with Crippen molar-refractivity contribution in [1.82, 2.24) is 10.2 Å². The Kier molecular flexibility index (Phi) is 11.1. The average molecular weight is 652 g/mol. The third-order valence-electron chi connectivity index (χ3n) is 8.90. The minimum atomic E-state index is -4.13. The number of hydrogen-bond donors (Lipinski definition) is 1. The monoisotopic (exact) mass is 651 g/mol. The summed E-state index contributed by atoms with van der Waals surface area (Å²) in [6.45, 7) is 5.83. The molecule has 4 aromatic rings. The molecule has 1 atom stereocenters. The van der Waals surface area contributed by atoms with Gasteiger partial charge in [-0.15, -0.1) is 0 Å². The molecule has 8 heteroatoms. The van der Waals surface area contributed by atoms with E-state index in [9.17, 15) is 18.0 Å². The van der Waals surface area contributed by atoms with E-state index in [4.69, 9.17) is 0 Å². The number of nitrogens with one attached hydrogen (secondary N) is 1. The molecule has 0 unspecified atom stereocenters. The molecule has 0 aliphatic heterocycles. The zero-order valence-corrected chi connectivity index (χ0v) is 28.3. The highest BCUT2D eigenvalue weighted by atomic mass is 32.2. The predicted octanol–water partition coefficient (Wildman–Crippen LogP) is 7.01. The van der Waals surface area contributed by atoms with Crippen LogP contribution in [0.1, 0.15) is 67.7 Å². The fraction of sp³-hybridized carbons (Fsp3) is 0.333. The first kappa shape index (κ1) is 33.9. The van der Waals surface area contributed by atoms with Crippen molar-refractivity contribution in [1.29, 1.82) is 0 Å². The van der Waals surface area contributed by atoms with Crippen molar-refractivity contribution in [3.63, 3.8) is 0 Å². The summed E-state index contributed by atoms with van der Waals surface area (Å²) in [6.07, 6.45) is 4.23. The molecule has 47 heavy (non-hydrogen) atoms. The van der Waals surface area contributed by atoms with Crippen LogP contribution >= 0.6 is 0 Å². The van der Waals surface area contributed by atoms with Gasteiger partial charge in [0, 0.05) is 19.0 Å². The molecule has 2 amide bonds. The van der Waals surface area contributed by atoms with Gasteiger partial charge in [0.15, 0.2) is 0 Å². The molecule has 1 fully saturated rings. The van der Waals surface area contributed by atoms with Crippen molar-refractivity contribution in [3.05, 3.63) is 131 Å². The van der Waals surface area contributed by atoms with E-state index in [1.54, 1.807) is 35.2 Å². The van der Waals surface area contributed by atoms with Crippen molar-refractivity contribution in [2.45, 2.75) is 82.3 Å². The first-order valence-electron chi connectivity index (χ1n) is 16.5. The van der Waals surface area contributed by atoms with Crippen LogP contribution in [-0.2, 0) is 32.6 Å². The van der Waals surface area contributed by atoms with E-state index < -0.39 is 28.5 Å². The Morgan fingerprint density at radius 2 is 1.38 bits per heavy atom. The molecular formula is C39H45N3O4S. The van der Waals surface area contributed by atoms with Crippen LogP contribution in [0.4, 0.5) is 5.69 Å². The van der Waals surface area contributed by atoms with Crippen LogP contribution in [-0.4, -0.2) is 43.8 Å². The van der Waals surface area contributed by atoms with Crippen molar-refractivity contribution in [2.75, 3.05) is 10.8 Å². The maximum absolute atomic E-state index is 14.7. The Morgan fingerprint density at radius 1 is 0.787 bits per heavy atom. The van der Waals surface area contributed by atoms with E-state index in [1.165, 1.54) is 16.4 Å². The standard InChI is InChI=1S/C39H45N3O4S/c1-29(2)33-22-24-35(25-23-33)42(47(45,46)36-16-8-5-9-17-36)28-38(43)41(27-32-20-18-30(3)19-21-32)37(26-31-12-6-4-7-13-31)39(44)40-34-14-10-11-15-34/h4-9,12-13,16-25,29,34,37H,10-11,14-15,26-28H2,1-3H3,(H,40,44)/t37-/m0/s1. The molecule has 1 aliphatic carbocycles. The fourth-order valence-corrected chi connectivity index (χ4v) is 7.52. The molecule has 1 N–H and O–H groups in total.